The number of benzene rings is 1. The maximum absolute atomic E-state index is 11.9. The zero-order valence-corrected chi connectivity index (χ0v) is 23.5. The third-order valence-corrected chi connectivity index (χ3v) is 7.26. The largest absolute Gasteiger partial charge is 0.446 e. The van der Waals surface area contributed by atoms with Gasteiger partial charge in [0.2, 0.25) is 0 Å². The molecule has 2 aromatic rings. The molecule has 194 valence electrons. The van der Waals surface area contributed by atoms with E-state index in [1.54, 1.807) is 0 Å². The van der Waals surface area contributed by atoms with E-state index in [2.05, 4.69) is 71.7 Å². The van der Waals surface area contributed by atoms with Crippen LogP contribution in [0.4, 0.5) is 22.0 Å². The molecule has 2 aliphatic rings. The lowest BCUT2D eigenvalue weighted by atomic mass is 9.85. The smallest absolute Gasteiger partial charge is 0.407 e. The van der Waals surface area contributed by atoms with E-state index in [9.17, 15) is 4.79 Å². The number of ether oxygens (including phenoxy) is 1. The summed E-state index contributed by atoms with van der Waals surface area (Å²) in [6, 6.07) is 8.77. The Kier molecular flexibility index (Phi) is 9.02. The van der Waals surface area contributed by atoms with Crippen LogP contribution < -0.4 is 14.9 Å². The maximum atomic E-state index is 11.9. The summed E-state index contributed by atoms with van der Waals surface area (Å²) in [6.07, 6.45) is 3.36. The fourth-order valence-electron chi connectivity index (χ4n) is 4.65. The standard InChI is InChI=1S/C25H37N5O2S.C2H6/c1-16(2)26-24(31)32-19-12-10-17(11-13-19)21-14-22(30(28-21)25(3,4)5)27-20-9-7-8-18-15-33-29(6)23(18)20;1-2/h7-9,14,16-17,19,27H,10-13,15H2,1-6H3,(H,26,31);1-2H3. The second kappa shape index (κ2) is 11.6. The summed E-state index contributed by atoms with van der Waals surface area (Å²) in [5, 5.41) is 11.6. The Labute approximate surface area is 215 Å². The number of carbonyl (C=O) groups excluding carboxylic acids is 1. The second-order valence-electron chi connectivity index (χ2n) is 10.4. The lowest BCUT2D eigenvalue weighted by Crippen LogP contribution is -2.35. The van der Waals surface area contributed by atoms with Crippen LogP contribution in [0.25, 0.3) is 0 Å². The Morgan fingerprint density at radius 1 is 1.17 bits per heavy atom. The Morgan fingerprint density at radius 2 is 1.86 bits per heavy atom. The summed E-state index contributed by atoms with van der Waals surface area (Å²) in [6.45, 7) is 14.4. The SMILES string of the molecule is CC.CC(C)NC(=O)OC1CCC(c2cc(Nc3cccc4c3N(C)SC4)n(C(C)(C)C)n2)CC1. The number of nitrogens with one attached hydrogen (secondary N) is 2. The number of hydrogen-bond donors (Lipinski definition) is 2. The molecular formula is C27H43N5O2S. The van der Waals surface area contributed by atoms with Crippen LogP contribution in [-0.4, -0.2) is 35.1 Å². The number of para-hydroxylation sites is 1. The van der Waals surface area contributed by atoms with Gasteiger partial charge in [0.25, 0.3) is 0 Å². The third kappa shape index (κ3) is 6.66. The molecule has 2 N–H and O–H groups in total. The van der Waals surface area contributed by atoms with Gasteiger partial charge in [-0.25, -0.2) is 9.48 Å². The predicted octanol–water partition coefficient (Wildman–Crippen LogP) is 7.17. The van der Waals surface area contributed by atoms with E-state index in [4.69, 9.17) is 9.84 Å². The first-order chi connectivity index (χ1) is 16.6. The summed E-state index contributed by atoms with van der Waals surface area (Å²) >= 11 is 1.83. The van der Waals surface area contributed by atoms with Crippen LogP contribution in [-0.2, 0) is 16.0 Å². The van der Waals surface area contributed by atoms with Gasteiger partial charge in [0.05, 0.1) is 22.6 Å². The zero-order valence-electron chi connectivity index (χ0n) is 22.6. The van der Waals surface area contributed by atoms with Crippen LogP contribution in [0.2, 0.25) is 0 Å². The highest BCUT2D eigenvalue weighted by Gasteiger charge is 2.29. The van der Waals surface area contributed by atoms with Crippen molar-refractivity contribution < 1.29 is 9.53 Å². The summed E-state index contributed by atoms with van der Waals surface area (Å²) in [7, 11) is 2.12. The van der Waals surface area contributed by atoms with Gasteiger partial charge < -0.3 is 19.7 Å². The molecule has 0 unspecified atom stereocenters. The first kappa shape index (κ1) is 27.2. The Bertz CT molecular complexity index is 990. The van der Waals surface area contributed by atoms with Crippen LogP contribution in [0.5, 0.6) is 0 Å². The molecule has 1 aromatic heterocycles. The van der Waals surface area contributed by atoms with Gasteiger partial charge in [-0.3, -0.25) is 0 Å². The van der Waals surface area contributed by atoms with Crippen molar-refractivity contribution in [2.45, 2.75) is 104 Å². The number of carbonyl (C=O) groups is 1. The maximum Gasteiger partial charge on any atom is 0.407 e. The molecule has 4 rings (SSSR count). The molecular weight excluding hydrogens is 458 g/mol. The molecule has 0 radical (unpaired) electrons. The fourth-order valence-corrected chi connectivity index (χ4v) is 5.56. The minimum atomic E-state index is -0.310. The molecule has 1 aliphatic carbocycles. The highest BCUT2D eigenvalue weighted by Crippen LogP contribution is 2.43. The van der Waals surface area contributed by atoms with E-state index in [-0.39, 0.29) is 23.8 Å². The molecule has 8 heteroatoms. The van der Waals surface area contributed by atoms with E-state index >= 15 is 0 Å². The molecule has 1 amide bonds. The lowest BCUT2D eigenvalue weighted by molar-refractivity contribution is 0.0696. The molecule has 1 aromatic carbocycles. The normalized spacial score (nSPS) is 19.6. The van der Waals surface area contributed by atoms with Gasteiger partial charge in [-0.1, -0.05) is 26.0 Å². The Morgan fingerprint density at radius 3 is 2.49 bits per heavy atom. The van der Waals surface area contributed by atoms with Crippen molar-refractivity contribution in [3.05, 3.63) is 35.5 Å². The van der Waals surface area contributed by atoms with Crippen LogP contribution in [0.15, 0.2) is 24.3 Å². The van der Waals surface area contributed by atoms with Crippen molar-refractivity contribution in [3.63, 3.8) is 0 Å². The molecule has 0 saturated heterocycles. The molecule has 0 spiro atoms. The Balaban J connectivity index is 0.00000167. The summed E-state index contributed by atoms with van der Waals surface area (Å²) in [4.78, 5) is 11.9. The van der Waals surface area contributed by atoms with Crippen LogP contribution in [0.1, 0.15) is 91.3 Å². The van der Waals surface area contributed by atoms with Gasteiger partial charge in [-0.2, -0.15) is 5.10 Å². The average Bonchev–Trinajstić information content (AvgIpc) is 3.40. The molecule has 7 nitrogen and oxygen atoms in total. The number of rotatable bonds is 5. The zero-order chi connectivity index (χ0) is 25.8. The van der Waals surface area contributed by atoms with Crippen LogP contribution in [0.3, 0.4) is 0 Å². The topological polar surface area (TPSA) is 71.4 Å². The minimum absolute atomic E-state index is 0.0118. The molecule has 0 atom stereocenters. The number of hydrogen-bond acceptors (Lipinski definition) is 6. The van der Waals surface area contributed by atoms with Gasteiger partial charge in [0, 0.05) is 30.8 Å². The first-order valence-corrected chi connectivity index (χ1v) is 13.9. The number of amides is 1. The van der Waals surface area contributed by atoms with Crippen molar-refractivity contribution in [1.82, 2.24) is 15.1 Å². The van der Waals surface area contributed by atoms with Crippen molar-refractivity contribution in [2.75, 3.05) is 16.7 Å². The van der Waals surface area contributed by atoms with Crippen LogP contribution in [0, 0.1) is 0 Å². The van der Waals surface area contributed by atoms with Gasteiger partial charge in [-0.05, 0) is 83.9 Å². The van der Waals surface area contributed by atoms with Gasteiger partial charge in [-0.15, -0.1) is 0 Å². The summed E-state index contributed by atoms with van der Waals surface area (Å²) in [5.41, 5.74) is 4.70. The van der Waals surface area contributed by atoms with Gasteiger partial charge in [0.1, 0.15) is 11.9 Å². The predicted molar refractivity (Wildman–Crippen MR) is 148 cm³/mol. The number of fused-ring (bicyclic) bond motifs is 1. The first-order valence-electron chi connectivity index (χ1n) is 12.9. The van der Waals surface area contributed by atoms with Crippen molar-refractivity contribution in [3.8, 4) is 0 Å². The molecule has 35 heavy (non-hydrogen) atoms. The lowest BCUT2D eigenvalue weighted by Gasteiger charge is -2.28. The highest BCUT2D eigenvalue weighted by molar-refractivity contribution is 8.00. The van der Waals surface area contributed by atoms with Crippen LogP contribution >= 0.6 is 11.9 Å². The Hall–Kier alpha value is -2.35. The second-order valence-corrected chi connectivity index (χ2v) is 11.5. The monoisotopic (exact) mass is 501 g/mol. The molecule has 2 heterocycles. The van der Waals surface area contributed by atoms with Crippen molar-refractivity contribution in [2.24, 2.45) is 0 Å². The number of aromatic nitrogens is 2. The quantitative estimate of drug-likeness (QED) is 0.423. The van der Waals surface area contributed by atoms with Crippen molar-refractivity contribution >= 4 is 35.2 Å². The van der Waals surface area contributed by atoms with Crippen molar-refractivity contribution in [1.29, 1.82) is 0 Å². The van der Waals surface area contributed by atoms with Gasteiger partial charge in [0.15, 0.2) is 0 Å². The van der Waals surface area contributed by atoms with E-state index < -0.39 is 0 Å². The minimum Gasteiger partial charge on any atom is -0.446 e. The van der Waals surface area contributed by atoms with E-state index in [0.29, 0.717) is 5.92 Å². The van der Waals surface area contributed by atoms with Gasteiger partial charge >= 0.3 is 6.09 Å². The summed E-state index contributed by atoms with van der Waals surface area (Å²) < 4.78 is 9.96. The van der Waals surface area contributed by atoms with E-state index in [1.165, 1.54) is 11.3 Å². The molecule has 0 bridgehead atoms. The number of alkyl carbamates (subject to hydrolysis) is 1. The number of nitrogens with zero attached hydrogens (tertiary/aromatic N) is 3. The average molecular weight is 502 g/mol. The van der Waals surface area contributed by atoms with E-state index in [1.807, 2.05) is 39.6 Å². The number of anilines is 3. The fraction of sp³-hybridized carbons (Fsp3) is 0.630. The van der Waals surface area contributed by atoms with E-state index in [0.717, 1.165) is 48.6 Å². The third-order valence-electron chi connectivity index (χ3n) is 6.25. The molecule has 1 aliphatic heterocycles. The molecule has 1 fully saturated rings. The summed E-state index contributed by atoms with van der Waals surface area (Å²) in [5.74, 6) is 2.40. The highest BCUT2D eigenvalue weighted by atomic mass is 32.2. The molecule has 1 saturated carbocycles.